The van der Waals surface area contributed by atoms with E-state index < -0.39 is 11.4 Å². The normalized spacial score (nSPS) is 20.2. The number of imidazole rings is 1. The molecule has 0 aliphatic carbocycles. The van der Waals surface area contributed by atoms with E-state index in [0.717, 1.165) is 40.1 Å². The Kier molecular flexibility index (Phi) is 6.33. The van der Waals surface area contributed by atoms with E-state index >= 15 is 0 Å². The van der Waals surface area contributed by atoms with Gasteiger partial charge in [0.15, 0.2) is 0 Å². The molecule has 8 heteroatoms. The number of hydrogen-bond donors (Lipinski definition) is 1. The lowest BCUT2D eigenvalue weighted by Gasteiger charge is -2.33. The number of carboxylic acids is 1. The van der Waals surface area contributed by atoms with Gasteiger partial charge in [-0.1, -0.05) is 29.5 Å². The van der Waals surface area contributed by atoms with Crippen LogP contribution in [-0.2, 0) is 24.9 Å². The van der Waals surface area contributed by atoms with Gasteiger partial charge in [0.25, 0.3) is 0 Å². The molecule has 204 valence electrons. The molecule has 8 nitrogen and oxygen atoms in total. The number of nitrogens with zero attached hydrogens (tertiary/aromatic N) is 6. The Labute approximate surface area is 229 Å². The van der Waals surface area contributed by atoms with Gasteiger partial charge in [0, 0.05) is 44.0 Å². The first kappa shape index (κ1) is 25.7. The zero-order valence-electron chi connectivity index (χ0n) is 23.6. The van der Waals surface area contributed by atoms with E-state index in [1.54, 1.807) is 4.68 Å². The highest BCUT2D eigenvalue weighted by Gasteiger charge is 2.41. The first-order chi connectivity index (χ1) is 18.6. The van der Waals surface area contributed by atoms with Gasteiger partial charge >= 0.3 is 5.97 Å². The van der Waals surface area contributed by atoms with Crippen LogP contribution in [0.1, 0.15) is 79.1 Å². The first-order valence-electron chi connectivity index (χ1n) is 14.0. The van der Waals surface area contributed by atoms with Crippen molar-refractivity contribution >= 4 is 17.0 Å². The van der Waals surface area contributed by atoms with E-state index in [1.807, 2.05) is 46.1 Å². The Hall–Kier alpha value is -3.52. The van der Waals surface area contributed by atoms with Gasteiger partial charge < -0.3 is 9.67 Å². The quantitative estimate of drug-likeness (QED) is 0.340. The molecule has 2 aliphatic heterocycles. The topological polar surface area (TPSA) is 89.1 Å². The number of hydrogen-bond acceptors (Lipinski definition) is 5. The molecule has 6 rings (SSSR count). The fraction of sp³-hybridized carbons (Fsp3) is 0.484. The van der Waals surface area contributed by atoms with Crippen molar-refractivity contribution in [1.82, 2.24) is 29.4 Å². The number of aliphatic carboxylic acids is 1. The van der Waals surface area contributed by atoms with Crippen molar-refractivity contribution in [1.29, 1.82) is 0 Å². The van der Waals surface area contributed by atoms with Gasteiger partial charge in [-0.2, -0.15) is 0 Å². The predicted octanol–water partition coefficient (Wildman–Crippen LogP) is 5.20. The van der Waals surface area contributed by atoms with Crippen molar-refractivity contribution < 1.29 is 9.90 Å². The molecular formula is C31H38N6O2. The minimum atomic E-state index is -1.04. The summed E-state index contributed by atoms with van der Waals surface area (Å²) in [5.74, 6) is -0.0846. The SMILES string of the molecule is Cc1ccc([C@@H](c2ccc3c(nnn3C)c2C)C(C)(C)C(=O)O)cc1Cn1ccnc1CN1C2CCC1CC2. The molecule has 2 fully saturated rings. The monoisotopic (exact) mass is 526 g/mol. The molecule has 0 radical (unpaired) electrons. The van der Waals surface area contributed by atoms with Crippen molar-refractivity contribution in [3.05, 3.63) is 76.4 Å². The Morgan fingerprint density at radius 2 is 1.79 bits per heavy atom. The third-order valence-corrected chi connectivity index (χ3v) is 9.44. The molecule has 39 heavy (non-hydrogen) atoms. The lowest BCUT2D eigenvalue weighted by atomic mass is 9.69. The van der Waals surface area contributed by atoms with Crippen LogP contribution in [-0.4, -0.2) is 52.6 Å². The number of carbonyl (C=O) groups is 1. The molecule has 1 atom stereocenters. The largest absolute Gasteiger partial charge is 0.481 e. The van der Waals surface area contributed by atoms with E-state index in [2.05, 4.69) is 51.1 Å². The van der Waals surface area contributed by atoms with Gasteiger partial charge in [-0.25, -0.2) is 9.67 Å². The number of benzene rings is 2. The second-order valence-corrected chi connectivity index (χ2v) is 12.1. The molecule has 2 bridgehead atoms. The van der Waals surface area contributed by atoms with Gasteiger partial charge in [0.2, 0.25) is 0 Å². The zero-order valence-corrected chi connectivity index (χ0v) is 23.6. The highest BCUT2D eigenvalue weighted by atomic mass is 16.4. The van der Waals surface area contributed by atoms with E-state index in [-0.39, 0.29) is 5.92 Å². The summed E-state index contributed by atoms with van der Waals surface area (Å²) in [4.78, 5) is 20.0. The van der Waals surface area contributed by atoms with Crippen molar-refractivity contribution in [3.63, 3.8) is 0 Å². The minimum absolute atomic E-state index is 0.358. The van der Waals surface area contributed by atoms with Crippen LogP contribution in [0.5, 0.6) is 0 Å². The number of aryl methyl sites for hydroxylation is 3. The lowest BCUT2D eigenvalue weighted by molar-refractivity contribution is -0.147. The zero-order chi connectivity index (χ0) is 27.5. The predicted molar refractivity (Wildman–Crippen MR) is 151 cm³/mol. The molecule has 4 aromatic rings. The van der Waals surface area contributed by atoms with Crippen LogP contribution >= 0.6 is 0 Å². The molecule has 2 aromatic heterocycles. The van der Waals surface area contributed by atoms with Gasteiger partial charge in [-0.15, -0.1) is 5.10 Å². The molecule has 0 saturated carbocycles. The van der Waals surface area contributed by atoms with E-state index in [9.17, 15) is 9.90 Å². The molecule has 2 aromatic carbocycles. The third kappa shape index (κ3) is 4.35. The van der Waals surface area contributed by atoms with Crippen LogP contribution in [0, 0.1) is 19.3 Å². The summed E-state index contributed by atoms with van der Waals surface area (Å²) < 4.78 is 4.02. The molecule has 4 heterocycles. The highest BCUT2D eigenvalue weighted by molar-refractivity contribution is 5.81. The Bertz CT molecular complexity index is 1530. The summed E-state index contributed by atoms with van der Waals surface area (Å²) in [5, 5.41) is 18.9. The van der Waals surface area contributed by atoms with Crippen LogP contribution in [0.15, 0.2) is 42.7 Å². The van der Waals surface area contributed by atoms with E-state index in [0.29, 0.717) is 18.6 Å². The first-order valence-corrected chi connectivity index (χ1v) is 14.0. The van der Waals surface area contributed by atoms with Crippen molar-refractivity contribution in [2.45, 2.75) is 84.5 Å². The summed E-state index contributed by atoms with van der Waals surface area (Å²) >= 11 is 0. The Morgan fingerprint density at radius 1 is 1.08 bits per heavy atom. The number of aromatic nitrogens is 5. The average molecular weight is 527 g/mol. The average Bonchev–Trinajstić information content (AvgIpc) is 3.69. The van der Waals surface area contributed by atoms with Crippen molar-refractivity contribution in [3.8, 4) is 0 Å². The lowest BCUT2D eigenvalue weighted by Crippen LogP contribution is -2.32. The van der Waals surface area contributed by atoms with Crippen LogP contribution in [0.2, 0.25) is 0 Å². The molecule has 0 spiro atoms. The van der Waals surface area contributed by atoms with E-state index in [1.165, 1.54) is 36.8 Å². The summed E-state index contributed by atoms with van der Waals surface area (Å²) in [6.07, 6.45) is 9.23. The molecule has 0 unspecified atom stereocenters. The van der Waals surface area contributed by atoms with Gasteiger partial charge in [-0.3, -0.25) is 9.69 Å². The number of rotatable bonds is 8. The second kappa shape index (κ2) is 9.59. The Morgan fingerprint density at radius 3 is 2.49 bits per heavy atom. The minimum Gasteiger partial charge on any atom is -0.481 e. The van der Waals surface area contributed by atoms with Crippen molar-refractivity contribution in [2.75, 3.05) is 0 Å². The summed E-state index contributed by atoms with van der Waals surface area (Å²) in [6, 6.07) is 11.9. The van der Waals surface area contributed by atoms with E-state index in [4.69, 9.17) is 4.98 Å². The van der Waals surface area contributed by atoms with Crippen LogP contribution in [0.4, 0.5) is 0 Å². The summed E-state index contributed by atoms with van der Waals surface area (Å²) in [7, 11) is 1.87. The number of carboxylic acid groups (broad SMARTS) is 1. The van der Waals surface area contributed by atoms with Crippen LogP contribution in [0.3, 0.4) is 0 Å². The van der Waals surface area contributed by atoms with Gasteiger partial charge in [0.1, 0.15) is 11.3 Å². The van der Waals surface area contributed by atoms with Crippen LogP contribution < -0.4 is 0 Å². The highest BCUT2D eigenvalue weighted by Crippen LogP contribution is 2.44. The molecule has 2 aliphatic rings. The smallest absolute Gasteiger partial charge is 0.310 e. The molecule has 1 N–H and O–H groups in total. The molecule has 0 amide bonds. The Balaban J connectivity index is 1.37. The fourth-order valence-corrected chi connectivity index (χ4v) is 6.97. The van der Waals surface area contributed by atoms with Gasteiger partial charge in [-0.05, 0) is 87.3 Å². The van der Waals surface area contributed by atoms with Crippen molar-refractivity contribution in [2.24, 2.45) is 12.5 Å². The number of fused-ring (bicyclic) bond motifs is 3. The summed E-state index contributed by atoms with van der Waals surface area (Å²) in [5.41, 5.74) is 6.01. The standard InChI is InChI=1S/C31H38N6O2/c1-19-6-7-21(16-22(19)17-36-15-14-32-27(36)18-37-23-8-9-24(37)11-10-23)28(31(3,4)30(38)39)25-12-13-26-29(20(25)2)33-34-35(26)5/h6-7,12-16,23-24,28H,8-11,17-18H2,1-5H3,(H,38,39)/t23?,24?,28-/m0/s1. The maximum atomic E-state index is 12.6. The maximum Gasteiger partial charge on any atom is 0.310 e. The molecular weight excluding hydrogens is 488 g/mol. The summed E-state index contributed by atoms with van der Waals surface area (Å²) in [6.45, 7) is 9.39. The fourth-order valence-electron chi connectivity index (χ4n) is 6.97. The maximum absolute atomic E-state index is 12.6. The third-order valence-electron chi connectivity index (χ3n) is 9.44. The van der Waals surface area contributed by atoms with Crippen LogP contribution in [0.25, 0.3) is 11.0 Å². The second-order valence-electron chi connectivity index (χ2n) is 12.1. The molecule has 2 saturated heterocycles. The van der Waals surface area contributed by atoms with Gasteiger partial charge in [0.05, 0.1) is 17.5 Å².